The highest BCUT2D eigenvalue weighted by Gasteiger charge is 2.17. The third-order valence-electron chi connectivity index (χ3n) is 2.66. The molecule has 0 spiro atoms. The highest BCUT2D eigenvalue weighted by molar-refractivity contribution is 5.94. The van der Waals surface area contributed by atoms with Crippen molar-refractivity contribution in [2.24, 2.45) is 0 Å². The normalized spacial score (nSPS) is 10.9. The molecule has 3 aromatic rings. The molecule has 0 bridgehead atoms. The molecule has 6 heteroatoms. The van der Waals surface area contributed by atoms with Crippen molar-refractivity contribution in [3.63, 3.8) is 0 Å². The quantitative estimate of drug-likeness (QED) is 0.720. The molecular formula is C12H9N3O3. The smallest absolute Gasteiger partial charge is 0.358 e. The molecule has 0 radical (unpaired) electrons. The van der Waals surface area contributed by atoms with E-state index in [1.54, 1.807) is 12.1 Å². The minimum atomic E-state index is -1.11. The van der Waals surface area contributed by atoms with Crippen molar-refractivity contribution in [3.05, 3.63) is 35.7 Å². The van der Waals surface area contributed by atoms with E-state index < -0.39 is 5.97 Å². The number of fused-ring (bicyclic) bond motifs is 1. The molecule has 3 rings (SSSR count). The second-order valence-electron chi connectivity index (χ2n) is 3.94. The Hall–Kier alpha value is -2.63. The zero-order valence-corrected chi connectivity index (χ0v) is 9.47. The van der Waals surface area contributed by atoms with Crippen LogP contribution < -0.4 is 0 Å². The number of carboxylic acids is 1. The molecule has 2 N–H and O–H groups in total. The van der Waals surface area contributed by atoms with Crippen LogP contribution in [0, 0.1) is 6.92 Å². The number of furan rings is 1. The Morgan fingerprint density at radius 2 is 2.17 bits per heavy atom. The Labute approximate surface area is 101 Å². The maximum atomic E-state index is 11.0. The van der Waals surface area contributed by atoms with Gasteiger partial charge in [-0.15, -0.1) is 5.10 Å². The number of hydrogen-bond donors (Lipinski definition) is 2. The molecule has 1 aromatic carbocycles. The van der Waals surface area contributed by atoms with E-state index in [0.717, 1.165) is 16.7 Å². The highest BCUT2D eigenvalue weighted by Crippen LogP contribution is 2.26. The summed E-state index contributed by atoms with van der Waals surface area (Å²) in [6, 6.07) is 7.27. The molecule has 6 nitrogen and oxygen atoms in total. The first-order chi connectivity index (χ1) is 8.65. The number of benzene rings is 1. The van der Waals surface area contributed by atoms with Crippen LogP contribution in [0.3, 0.4) is 0 Å². The summed E-state index contributed by atoms with van der Waals surface area (Å²) >= 11 is 0. The zero-order chi connectivity index (χ0) is 12.7. The van der Waals surface area contributed by atoms with Crippen molar-refractivity contribution in [1.29, 1.82) is 0 Å². The first-order valence-corrected chi connectivity index (χ1v) is 5.30. The highest BCUT2D eigenvalue weighted by atomic mass is 16.4. The van der Waals surface area contributed by atoms with Gasteiger partial charge in [-0.25, -0.2) is 4.79 Å². The van der Waals surface area contributed by atoms with Gasteiger partial charge in [0.25, 0.3) is 0 Å². The lowest BCUT2D eigenvalue weighted by Crippen LogP contribution is -1.99. The first-order valence-electron chi connectivity index (χ1n) is 5.30. The predicted octanol–water partition coefficient (Wildman–Crippen LogP) is 2.22. The van der Waals surface area contributed by atoms with Crippen molar-refractivity contribution in [3.8, 4) is 11.3 Å². The fourth-order valence-corrected chi connectivity index (χ4v) is 1.90. The molecular weight excluding hydrogens is 234 g/mol. The van der Waals surface area contributed by atoms with Crippen LogP contribution in [-0.2, 0) is 0 Å². The van der Waals surface area contributed by atoms with Crippen LogP contribution >= 0.6 is 0 Å². The number of H-pyrrole nitrogens is 1. The topological polar surface area (TPSA) is 92.0 Å². The molecule has 0 atom stereocenters. The van der Waals surface area contributed by atoms with Gasteiger partial charge in [-0.3, -0.25) is 0 Å². The van der Waals surface area contributed by atoms with E-state index in [1.807, 2.05) is 19.1 Å². The fourth-order valence-electron chi connectivity index (χ4n) is 1.90. The molecule has 2 aromatic heterocycles. The summed E-state index contributed by atoms with van der Waals surface area (Å²) in [7, 11) is 0. The van der Waals surface area contributed by atoms with Gasteiger partial charge in [-0.1, -0.05) is 0 Å². The summed E-state index contributed by atoms with van der Waals surface area (Å²) in [6.45, 7) is 1.86. The number of aromatic nitrogens is 3. The lowest BCUT2D eigenvalue weighted by molar-refractivity contribution is 0.0691. The van der Waals surface area contributed by atoms with Crippen LogP contribution in [0.4, 0.5) is 0 Å². The lowest BCUT2D eigenvalue weighted by Gasteiger charge is -1.97. The minimum absolute atomic E-state index is 0.0884. The molecule has 0 aliphatic heterocycles. The van der Waals surface area contributed by atoms with Crippen LogP contribution in [0.1, 0.15) is 16.2 Å². The number of nitrogens with one attached hydrogen (secondary N) is 1. The van der Waals surface area contributed by atoms with E-state index in [4.69, 9.17) is 9.52 Å². The summed E-state index contributed by atoms with van der Waals surface area (Å²) in [5.41, 5.74) is 1.68. The van der Waals surface area contributed by atoms with Crippen molar-refractivity contribution < 1.29 is 14.3 Å². The number of rotatable bonds is 2. The summed E-state index contributed by atoms with van der Waals surface area (Å²) in [6.07, 6.45) is 0. The van der Waals surface area contributed by atoms with Gasteiger partial charge in [-0.2, -0.15) is 10.3 Å². The van der Waals surface area contributed by atoms with E-state index in [2.05, 4.69) is 15.4 Å². The van der Waals surface area contributed by atoms with E-state index in [9.17, 15) is 4.79 Å². The monoisotopic (exact) mass is 243 g/mol. The van der Waals surface area contributed by atoms with Gasteiger partial charge < -0.3 is 9.52 Å². The number of carbonyl (C=O) groups is 1. The van der Waals surface area contributed by atoms with Gasteiger partial charge in [0, 0.05) is 10.9 Å². The third kappa shape index (κ3) is 1.55. The van der Waals surface area contributed by atoms with Gasteiger partial charge in [-0.05, 0) is 31.2 Å². The second kappa shape index (κ2) is 3.69. The summed E-state index contributed by atoms with van der Waals surface area (Å²) in [5.74, 6) is -0.303. The SMILES string of the molecule is Cc1cc2cc(-c3n[nH]nc3C(=O)O)ccc2o1. The average molecular weight is 243 g/mol. The number of aryl methyl sites for hydroxylation is 1. The van der Waals surface area contributed by atoms with E-state index >= 15 is 0 Å². The standard InChI is InChI=1S/C12H9N3O3/c1-6-4-8-5-7(2-3-9(8)18-6)10-11(12(16)17)14-15-13-10/h2-5H,1H3,(H,16,17)(H,13,14,15). The second-order valence-corrected chi connectivity index (χ2v) is 3.94. The van der Waals surface area contributed by atoms with Crippen LogP contribution in [-0.4, -0.2) is 26.5 Å². The van der Waals surface area contributed by atoms with Gasteiger partial charge in [0.1, 0.15) is 17.0 Å². The average Bonchev–Trinajstić information content (AvgIpc) is 2.91. The molecule has 2 heterocycles. The largest absolute Gasteiger partial charge is 0.476 e. The lowest BCUT2D eigenvalue weighted by atomic mass is 10.1. The van der Waals surface area contributed by atoms with Crippen molar-refractivity contribution in [2.75, 3.05) is 0 Å². The maximum Gasteiger partial charge on any atom is 0.358 e. The minimum Gasteiger partial charge on any atom is -0.476 e. The van der Waals surface area contributed by atoms with E-state index in [0.29, 0.717) is 11.3 Å². The molecule has 0 aliphatic carbocycles. The Morgan fingerprint density at radius 1 is 1.33 bits per heavy atom. The Morgan fingerprint density at radius 3 is 2.94 bits per heavy atom. The van der Waals surface area contributed by atoms with Gasteiger partial charge in [0.05, 0.1) is 0 Å². The first kappa shape index (κ1) is 10.5. The summed E-state index contributed by atoms with van der Waals surface area (Å²) in [4.78, 5) is 11.0. The third-order valence-corrected chi connectivity index (χ3v) is 2.66. The van der Waals surface area contributed by atoms with Crippen LogP contribution in [0.25, 0.3) is 22.2 Å². The number of carboxylic acid groups (broad SMARTS) is 1. The molecule has 0 saturated carbocycles. The molecule has 0 unspecified atom stereocenters. The number of aromatic carboxylic acids is 1. The number of nitrogens with zero attached hydrogens (tertiary/aromatic N) is 2. The Bertz CT molecular complexity index is 742. The van der Waals surface area contributed by atoms with Crippen molar-refractivity contribution in [1.82, 2.24) is 15.4 Å². The molecule has 0 fully saturated rings. The van der Waals surface area contributed by atoms with Crippen molar-refractivity contribution >= 4 is 16.9 Å². The van der Waals surface area contributed by atoms with E-state index in [-0.39, 0.29) is 5.69 Å². The molecule has 0 aliphatic rings. The Kier molecular flexibility index (Phi) is 2.16. The summed E-state index contributed by atoms with van der Waals surface area (Å²) in [5, 5.41) is 19.7. The molecule has 0 amide bonds. The number of aromatic amines is 1. The number of hydrogen-bond acceptors (Lipinski definition) is 4. The Balaban J connectivity index is 2.18. The van der Waals surface area contributed by atoms with Crippen LogP contribution in [0.15, 0.2) is 28.7 Å². The van der Waals surface area contributed by atoms with Crippen LogP contribution in [0.2, 0.25) is 0 Å². The molecule has 90 valence electrons. The zero-order valence-electron chi connectivity index (χ0n) is 9.47. The van der Waals surface area contributed by atoms with Crippen LogP contribution in [0.5, 0.6) is 0 Å². The van der Waals surface area contributed by atoms with Gasteiger partial charge >= 0.3 is 5.97 Å². The maximum absolute atomic E-state index is 11.0. The molecule has 0 saturated heterocycles. The summed E-state index contributed by atoms with van der Waals surface area (Å²) < 4.78 is 5.46. The van der Waals surface area contributed by atoms with E-state index in [1.165, 1.54) is 0 Å². The predicted molar refractivity (Wildman–Crippen MR) is 63.3 cm³/mol. The molecule has 18 heavy (non-hydrogen) atoms. The fraction of sp³-hybridized carbons (Fsp3) is 0.0833. The van der Waals surface area contributed by atoms with Gasteiger partial charge in [0.15, 0.2) is 5.69 Å². The van der Waals surface area contributed by atoms with Crippen molar-refractivity contribution in [2.45, 2.75) is 6.92 Å². The van der Waals surface area contributed by atoms with Gasteiger partial charge in [0.2, 0.25) is 0 Å².